The number of aromatic nitrogens is 2. The Hall–Kier alpha value is -1.10. The number of amides is 1. The van der Waals surface area contributed by atoms with E-state index < -0.39 is 12.0 Å². The van der Waals surface area contributed by atoms with Gasteiger partial charge in [0, 0.05) is 11.0 Å². The average Bonchev–Trinajstić information content (AvgIpc) is 2.94. The summed E-state index contributed by atoms with van der Waals surface area (Å²) in [6.45, 7) is 8.10. The molecule has 3 rings (SSSR count). The number of hydrogen-bond acceptors (Lipinski definition) is 8. The first-order valence-electron chi connectivity index (χ1n) is 7.74. The lowest BCUT2D eigenvalue weighted by atomic mass is 9.85. The van der Waals surface area contributed by atoms with Crippen molar-refractivity contribution >= 4 is 46.7 Å². The number of carbonyl (C=O) groups is 2. The second-order valence-corrected chi connectivity index (χ2v) is 10.7. The number of carboxylic acids is 1. The molecule has 0 radical (unpaired) electrons. The molecule has 25 heavy (non-hydrogen) atoms. The number of nitrogens with two attached hydrogens (primary N) is 1. The number of nitrogens with zero attached hydrogens (tertiary/aromatic N) is 3. The van der Waals surface area contributed by atoms with Crippen molar-refractivity contribution in [3.8, 4) is 0 Å². The lowest BCUT2D eigenvalue weighted by Crippen LogP contribution is -2.69. The number of thioether (sulfide) groups is 2. The van der Waals surface area contributed by atoms with Crippen LogP contribution < -0.4 is 5.73 Å². The van der Waals surface area contributed by atoms with Gasteiger partial charge in [-0.05, 0) is 17.9 Å². The second kappa shape index (κ2) is 6.57. The van der Waals surface area contributed by atoms with E-state index in [0.717, 1.165) is 14.9 Å². The lowest BCUT2D eigenvalue weighted by Gasteiger charge is -2.52. The molecule has 10 heteroatoms. The van der Waals surface area contributed by atoms with E-state index in [2.05, 4.69) is 31.0 Å². The predicted octanol–water partition coefficient (Wildman–Crippen LogP) is 1.93. The number of fused-ring (bicyclic) bond motifs is 1. The number of carboxylic acid groups (broad SMARTS) is 1. The number of β-lactam (4-membered cyclic amide) rings is 1. The highest BCUT2D eigenvalue weighted by molar-refractivity contribution is 8.02. The van der Waals surface area contributed by atoms with E-state index >= 15 is 0 Å². The zero-order valence-electron chi connectivity index (χ0n) is 14.3. The first kappa shape index (κ1) is 18.7. The van der Waals surface area contributed by atoms with E-state index in [0.29, 0.717) is 5.75 Å². The van der Waals surface area contributed by atoms with E-state index in [1.807, 2.05) is 6.92 Å². The number of hydrogen-bond donors (Lipinski definition) is 2. The quantitative estimate of drug-likeness (QED) is 0.583. The standard InChI is InChI=1S/C15H20N4O3S3/c1-6-17-18-14(24-6)23-5-7-9(13(21)22)19-11(20)8(16)12(19)25-10(7)15(2,3)4/h8,10,12H,5,16H2,1-4H3,(H,21,22)/t8?,10?,12-/m1/s1. The Morgan fingerprint density at radius 1 is 1.40 bits per heavy atom. The second-order valence-electron chi connectivity index (χ2n) is 7.06. The van der Waals surface area contributed by atoms with E-state index in [1.165, 1.54) is 28.0 Å². The molecule has 2 unspecified atom stereocenters. The molecule has 3 N–H and O–H groups in total. The van der Waals surface area contributed by atoms with Crippen LogP contribution in [-0.4, -0.2) is 54.5 Å². The van der Waals surface area contributed by atoms with Crippen LogP contribution in [0.5, 0.6) is 0 Å². The maximum Gasteiger partial charge on any atom is 0.352 e. The first-order chi connectivity index (χ1) is 11.6. The Morgan fingerprint density at radius 2 is 2.08 bits per heavy atom. The van der Waals surface area contributed by atoms with Gasteiger partial charge in [0.15, 0.2) is 4.34 Å². The fourth-order valence-electron chi connectivity index (χ4n) is 2.96. The van der Waals surface area contributed by atoms with Crippen molar-refractivity contribution < 1.29 is 14.7 Å². The third kappa shape index (κ3) is 3.32. The summed E-state index contributed by atoms with van der Waals surface area (Å²) >= 11 is 4.52. The Balaban J connectivity index is 1.99. The van der Waals surface area contributed by atoms with Crippen LogP contribution in [0.15, 0.2) is 15.6 Å². The molecule has 0 aromatic carbocycles. The van der Waals surface area contributed by atoms with Crippen LogP contribution in [0.4, 0.5) is 0 Å². The van der Waals surface area contributed by atoms with Gasteiger partial charge >= 0.3 is 5.97 Å². The molecule has 2 aliphatic rings. The van der Waals surface area contributed by atoms with Gasteiger partial charge in [-0.3, -0.25) is 9.69 Å². The topological polar surface area (TPSA) is 109 Å². The molecule has 7 nitrogen and oxygen atoms in total. The predicted molar refractivity (Wildman–Crippen MR) is 99.5 cm³/mol. The molecule has 1 aromatic heterocycles. The molecule has 1 saturated heterocycles. The smallest absolute Gasteiger partial charge is 0.352 e. The molecule has 136 valence electrons. The maximum atomic E-state index is 12.2. The minimum absolute atomic E-state index is 0.0412. The highest BCUT2D eigenvalue weighted by Crippen LogP contribution is 2.50. The summed E-state index contributed by atoms with van der Waals surface area (Å²) in [5.74, 6) is -0.947. The molecule has 1 amide bonds. The normalized spacial score (nSPS) is 26.5. The Bertz CT molecular complexity index is 755. The molecule has 1 fully saturated rings. The number of carbonyl (C=O) groups excluding carboxylic acids is 1. The van der Waals surface area contributed by atoms with Gasteiger partial charge in [0.2, 0.25) is 5.91 Å². The molecule has 1 aromatic rings. The molecule has 3 heterocycles. The summed E-state index contributed by atoms with van der Waals surface area (Å²) < 4.78 is 0.793. The largest absolute Gasteiger partial charge is 0.477 e. The average molecular weight is 401 g/mol. The van der Waals surface area contributed by atoms with E-state index in [-0.39, 0.29) is 27.6 Å². The molecule has 2 aliphatic heterocycles. The summed E-state index contributed by atoms with van der Waals surface area (Å²) in [7, 11) is 0. The van der Waals surface area contributed by atoms with Crippen molar-refractivity contribution in [2.45, 2.75) is 48.7 Å². The van der Waals surface area contributed by atoms with Gasteiger partial charge < -0.3 is 10.8 Å². The van der Waals surface area contributed by atoms with Gasteiger partial charge in [-0.1, -0.05) is 43.9 Å². The van der Waals surface area contributed by atoms with Crippen molar-refractivity contribution in [2.24, 2.45) is 11.1 Å². The van der Waals surface area contributed by atoms with Crippen LogP contribution in [0.1, 0.15) is 25.8 Å². The zero-order valence-corrected chi connectivity index (χ0v) is 16.8. The summed E-state index contributed by atoms with van der Waals surface area (Å²) in [5, 5.41) is 18.4. The molecular formula is C15H20N4O3S3. The lowest BCUT2D eigenvalue weighted by molar-refractivity contribution is -0.148. The highest BCUT2D eigenvalue weighted by atomic mass is 32.2. The Labute approximate surface area is 158 Å². The molecule has 0 aliphatic carbocycles. The third-order valence-electron chi connectivity index (χ3n) is 4.07. The van der Waals surface area contributed by atoms with Crippen molar-refractivity contribution in [2.75, 3.05) is 5.75 Å². The molecule has 0 saturated carbocycles. The highest BCUT2D eigenvalue weighted by Gasteiger charge is 2.55. The molecule has 0 spiro atoms. The summed E-state index contributed by atoms with van der Waals surface area (Å²) in [5.41, 5.74) is 6.58. The molecule has 0 bridgehead atoms. The summed E-state index contributed by atoms with van der Waals surface area (Å²) in [6, 6.07) is -0.635. The van der Waals surface area contributed by atoms with Crippen molar-refractivity contribution in [3.63, 3.8) is 0 Å². The molecular weight excluding hydrogens is 380 g/mol. The maximum absolute atomic E-state index is 12.2. The fraction of sp³-hybridized carbons (Fsp3) is 0.600. The SMILES string of the molecule is Cc1nnc(SCC2=C(C(=O)O)N3C(=O)C(N)[C@H]3SC2C(C)(C)C)s1. The Morgan fingerprint density at radius 3 is 2.60 bits per heavy atom. The van der Waals surface area contributed by atoms with E-state index in [4.69, 9.17) is 5.73 Å². The minimum atomic E-state index is -1.08. The van der Waals surface area contributed by atoms with Crippen LogP contribution in [0.3, 0.4) is 0 Å². The fourth-order valence-corrected chi connectivity index (χ4v) is 6.60. The summed E-state index contributed by atoms with van der Waals surface area (Å²) in [4.78, 5) is 25.5. The van der Waals surface area contributed by atoms with Crippen molar-refractivity contribution in [3.05, 3.63) is 16.3 Å². The van der Waals surface area contributed by atoms with E-state index in [1.54, 1.807) is 11.8 Å². The van der Waals surface area contributed by atoms with Crippen LogP contribution in [0.25, 0.3) is 0 Å². The van der Waals surface area contributed by atoms with Gasteiger partial charge in [-0.15, -0.1) is 22.0 Å². The van der Waals surface area contributed by atoms with Gasteiger partial charge in [-0.2, -0.15) is 0 Å². The summed E-state index contributed by atoms with van der Waals surface area (Å²) in [6.07, 6.45) is 0. The number of rotatable bonds is 4. The monoisotopic (exact) mass is 400 g/mol. The molecule has 3 atom stereocenters. The van der Waals surface area contributed by atoms with Gasteiger partial charge in [-0.25, -0.2) is 4.79 Å². The van der Waals surface area contributed by atoms with E-state index in [9.17, 15) is 14.7 Å². The minimum Gasteiger partial charge on any atom is -0.477 e. The van der Waals surface area contributed by atoms with Gasteiger partial charge in [0.25, 0.3) is 0 Å². The van der Waals surface area contributed by atoms with Crippen LogP contribution in [0.2, 0.25) is 0 Å². The van der Waals surface area contributed by atoms with Gasteiger partial charge in [0.05, 0.1) is 0 Å². The third-order valence-corrected chi connectivity index (χ3v) is 8.14. The van der Waals surface area contributed by atoms with Crippen molar-refractivity contribution in [1.82, 2.24) is 15.1 Å². The van der Waals surface area contributed by atoms with Crippen LogP contribution >= 0.6 is 34.9 Å². The zero-order chi connectivity index (χ0) is 18.5. The van der Waals surface area contributed by atoms with Crippen LogP contribution in [-0.2, 0) is 9.59 Å². The van der Waals surface area contributed by atoms with Crippen molar-refractivity contribution in [1.29, 1.82) is 0 Å². The number of aryl methyl sites for hydroxylation is 1. The number of aliphatic carboxylic acids is 1. The first-order valence-corrected chi connectivity index (χ1v) is 10.5. The van der Waals surface area contributed by atoms with Gasteiger partial charge in [0.1, 0.15) is 22.1 Å². The van der Waals surface area contributed by atoms with Crippen LogP contribution in [0, 0.1) is 12.3 Å². The Kier molecular flexibility index (Phi) is 4.91.